The first-order chi connectivity index (χ1) is 12.2. The Morgan fingerprint density at radius 1 is 0.920 bits per heavy atom. The predicted octanol–water partition coefficient (Wildman–Crippen LogP) is 3.03. The van der Waals surface area contributed by atoms with Crippen LogP contribution < -0.4 is 14.9 Å². The Balaban J connectivity index is 2.01. The van der Waals surface area contributed by atoms with Crippen LogP contribution in [0.2, 0.25) is 5.02 Å². The molecule has 0 unspecified atom stereocenters. The summed E-state index contributed by atoms with van der Waals surface area (Å²) in [6, 6.07) is 20.3. The molecule has 0 radical (unpaired) electrons. The van der Waals surface area contributed by atoms with E-state index >= 15 is 0 Å². The number of nitrogens with zero attached hydrogens (tertiary/aromatic N) is 3. The van der Waals surface area contributed by atoms with E-state index in [1.165, 1.54) is 0 Å². The van der Waals surface area contributed by atoms with Crippen LogP contribution >= 0.6 is 11.6 Å². The molecule has 0 saturated heterocycles. The highest BCUT2D eigenvalue weighted by Gasteiger charge is 2.23. The molecule has 0 bridgehead atoms. The lowest BCUT2D eigenvalue weighted by molar-refractivity contribution is -0.600. The normalized spacial score (nSPS) is 11.0. The van der Waals surface area contributed by atoms with Crippen LogP contribution in [0, 0.1) is 0 Å². The van der Waals surface area contributed by atoms with Gasteiger partial charge in [-0.05, 0) is 54.6 Å². The fourth-order valence-corrected chi connectivity index (χ4v) is 2.97. The maximum absolute atomic E-state index is 13.2. The second-order valence-corrected chi connectivity index (χ2v) is 5.94. The Kier molecular flexibility index (Phi) is 3.78. The van der Waals surface area contributed by atoms with Crippen LogP contribution in [0.4, 0.5) is 0 Å². The molecule has 0 atom stereocenters. The van der Waals surface area contributed by atoms with E-state index < -0.39 is 0 Å². The van der Waals surface area contributed by atoms with Gasteiger partial charge < -0.3 is 4.74 Å². The number of aromatic nitrogens is 3. The molecule has 4 aromatic rings. The fraction of sp³-hybridized carbons (Fsp3) is 0.0526. The minimum Gasteiger partial charge on any atom is -0.497 e. The lowest BCUT2D eigenvalue weighted by Crippen LogP contribution is -2.36. The van der Waals surface area contributed by atoms with Gasteiger partial charge in [-0.3, -0.25) is 0 Å². The zero-order chi connectivity index (χ0) is 17.4. The maximum Gasteiger partial charge on any atom is 0.457 e. The Morgan fingerprint density at radius 2 is 1.60 bits per heavy atom. The van der Waals surface area contributed by atoms with Gasteiger partial charge in [-0.15, -0.1) is 13.8 Å². The molecule has 0 fully saturated rings. The van der Waals surface area contributed by atoms with E-state index in [1.807, 2.05) is 65.3 Å². The number of hydrogen-bond donors (Lipinski definition) is 0. The monoisotopic (exact) mass is 352 g/mol. The number of pyridine rings is 1. The fourth-order valence-electron chi connectivity index (χ4n) is 2.85. The van der Waals surface area contributed by atoms with E-state index in [1.54, 1.807) is 28.5 Å². The average Bonchev–Trinajstić information content (AvgIpc) is 2.94. The van der Waals surface area contributed by atoms with Crippen LogP contribution in [0.1, 0.15) is 0 Å². The largest absolute Gasteiger partial charge is 0.497 e. The molecule has 25 heavy (non-hydrogen) atoms. The van der Waals surface area contributed by atoms with Crippen molar-refractivity contribution >= 4 is 17.2 Å². The van der Waals surface area contributed by atoms with Crippen LogP contribution in [0.15, 0.2) is 77.7 Å². The number of benzene rings is 2. The van der Waals surface area contributed by atoms with Crippen molar-refractivity contribution in [1.82, 2.24) is 9.25 Å². The highest BCUT2D eigenvalue weighted by molar-refractivity contribution is 6.30. The molecule has 2 heterocycles. The van der Waals surface area contributed by atoms with E-state index in [9.17, 15) is 4.79 Å². The highest BCUT2D eigenvalue weighted by atomic mass is 35.5. The molecule has 124 valence electrons. The van der Waals surface area contributed by atoms with Crippen molar-refractivity contribution in [3.63, 3.8) is 0 Å². The van der Waals surface area contributed by atoms with Crippen LogP contribution in [0.5, 0.6) is 5.75 Å². The molecular formula is C19H15ClN3O2+. The lowest BCUT2D eigenvalue weighted by atomic mass is 10.3. The smallest absolute Gasteiger partial charge is 0.457 e. The standard InChI is InChI=1S/C19H15ClN3O2/c1-25-17-11-9-15(10-12-17)22-18-4-2-3-13-21(18)23(19(22)24)16-7-5-14(20)6-8-16/h2-13H,1H3/q+1. The molecule has 0 aliphatic carbocycles. The van der Waals surface area contributed by atoms with Gasteiger partial charge in [-0.1, -0.05) is 17.7 Å². The first kappa shape index (κ1) is 15.5. The molecule has 0 aliphatic heterocycles. The van der Waals surface area contributed by atoms with Crippen molar-refractivity contribution < 1.29 is 9.25 Å². The molecule has 4 rings (SSSR count). The minimum absolute atomic E-state index is 0.168. The van der Waals surface area contributed by atoms with Crippen LogP contribution in [-0.2, 0) is 0 Å². The number of fused-ring (bicyclic) bond motifs is 1. The first-order valence-electron chi connectivity index (χ1n) is 7.74. The zero-order valence-corrected chi connectivity index (χ0v) is 14.2. The summed E-state index contributed by atoms with van der Waals surface area (Å²) in [5.41, 5.74) is 2.09. The van der Waals surface area contributed by atoms with Gasteiger partial charge in [0.05, 0.1) is 12.8 Å². The summed E-state index contributed by atoms with van der Waals surface area (Å²) in [5.74, 6) is 0.742. The van der Waals surface area contributed by atoms with Crippen molar-refractivity contribution in [1.29, 1.82) is 0 Å². The molecule has 0 saturated carbocycles. The molecule has 0 amide bonds. The molecule has 0 aliphatic rings. The van der Waals surface area contributed by atoms with Crippen LogP contribution in [-0.4, -0.2) is 16.4 Å². The molecule has 5 nitrogen and oxygen atoms in total. The third-order valence-corrected chi connectivity index (χ3v) is 4.29. The SMILES string of the molecule is COc1ccc(-n2c(=O)n(-c3ccc(Cl)cc3)[n+]3ccccc23)cc1. The van der Waals surface area contributed by atoms with Gasteiger partial charge in [0, 0.05) is 11.1 Å². The van der Waals surface area contributed by atoms with E-state index in [-0.39, 0.29) is 5.69 Å². The van der Waals surface area contributed by atoms with Crippen LogP contribution in [0.25, 0.3) is 17.0 Å². The van der Waals surface area contributed by atoms with Crippen molar-refractivity contribution in [3.8, 4) is 17.1 Å². The van der Waals surface area contributed by atoms with Crippen LogP contribution in [0.3, 0.4) is 0 Å². The Bertz CT molecular complexity index is 1100. The number of rotatable bonds is 3. The van der Waals surface area contributed by atoms with Crippen molar-refractivity contribution in [2.24, 2.45) is 0 Å². The van der Waals surface area contributed by atoms with Crippen molar-refractivity contribution in [3.05, 3.63) is 88.4 Å². The summed E-state index contributed by atoms with van der Waals surface area (Å²) in [4.78, 5) is 13.2. The van der Waals surface area contributed by atoms with Crippen molar-refractivity contribution in [2.45, 2.75) is 0 Å². The summed E-state index contributed by atoms with van der Waals surface area (Å²) >= 11 is 5.98. The average molecular weight is 353 g/mol. The summed E-state index contributed by atoms with van der Waals surface area (Å²) in [6.07, 6.45) is 1.85. The van der Waals surface area contributed by atoms with Gasteiger partial charge in [-0.2, -0.15) is 0 Å². The van der Waals surface area contributed by atoms with E-state index in [2.05, 4.69) is 0 Å². The molecule has 2 aromatic carbocycles. The Labute approximate surface area is 148 Å². The van der Waals surface area contributed by atoms with E-state index in [0.29, 0.717) is 5.02 Å². The molecule has 2 aromatic heterocycles. The zero-order valence-electron chi connectivity index (χ0n) is 13.5. The van der Waals surface area contributed by atoms with E-state index in [0.717, 1.165) is 22.8 Å². The van der Waals surface area contributed by atoms with Gasteiger partial charge in [0.1, 0.15) is 17.6 Å². The summed E-state index contributed by atoms with van der Waals surface area (Å²) in [7, 11) is 1.61. The molecule has 6 heteroatoms. The molecular weight excluding hydrogens is 338 g/mol. The van der Waals surface area contributed by atoms with Gasteiger partial charge in [0.15, 0.2) is 0 Å². The highest BCUT2D eigenvalue weighted by Crippen LogP contribution is 2.16. The number of methoxy groups -OCH3 is 1. The van der Waals surface area contributed by atoms with Gasteiger partial charge >= 0.3 is 11.3 Å². The van der Waals surface area contributed by atoms with Gasteiger partial charge in [-0.25, -0.2) is 4.79 Å². The number of hydrogen-bond acceptors (Lipinski definition) is 2. The quantitative estimate of drug-likeness (QED) is 0.532. The summed E-state index contributed by atoms with van der Waals surface area (Å²) < 4.78 is 10.3. The minimum atomic E-state index is -0.168. The second kappa shape index (κ2) is 6.11. The molecule has 0 N–H and O–H groups in total. The Hall–Kier alpha value is -3.05. The predicted molar refractivity (Wildman–Crippen MR) is 96.1 cm³/mol. The topological polar surface area (TPSA) is 40.3 Å². The van der Waals surface area contributed by atoms with Crippen molar-refractivity contribution in [2.75, 3.05) is 7.11 Å². The number of halogens is 1. The molecule has 0 spiro atoms. The van der Waals surface area contributed by atoms with Gasteiger partial charge in [0.25, 0.3) is 0 Å². The first-order valence-corrected chi connectivity index (χ1v) is 8.11. The lowest BCUT2D eigenvalue weighted by Gasteiger charge is -1.99. The second-order valence-electron chi connectivity index (χ2n) is 5.51. The Morgan fingerprint density at radius 3 is 2.28 bits per heavy atom. The van der Waals surface area contributed by atoms with E-state index in [4.69, 9.17) is 16.3 Å². The summed E-state index contributed by atoms with van der Waals surface area (Å²) in [6.45, 7) is 0. The summed E-state index contributed by atoms with van der Waals surface area (Å²) in [5, 5.41) is 0.626. The number of ether oxygens (including phenoxy) is 1. The third-order valence-electron chi connectivity index (χ3n) is 4.04. The maximum atomic E-state index is 13.2. The third kappa shape index (κ3) is 2.58. The van der Waals surface area contributed by atoms with Gasteiger partial charge in [0.2, 0.25) is 0 Å².